The monoisotopic (exact) mass is 201 g/mol. The highest BCUT2D eigenvalue weighted by Crippen LogP contribution is 2.26. The third-order valence-corrected chi connectivity index (χ3v) is 2.80. The SMILES string of the molecule is O=c1[nH]nc2c3c(cccc13)NCCC2. The van der Waals surface area contributed by atoms with E-state index in [0.717, 1.165) is 41.5 Å². The summed E-state index contributed by atoms with van der Waals surface area (Å²) in [6.45, 7) is 0.934. The van der Waals surface area contributed by atoms with Crippen molar-refractivity contribution in [1.29, 1.82) is 0 Å². The van der Waals surface area contributed by atoms with Gasteiger partial charge in [0, 0.05) is 17.6 Å². The average Bonchev–Trinajstić information content (AvgIpc) is 2.47. The van der Waals surface area contributed by atoms with Crippen molar-refractivity contribution in [3.8, 4) is 0 Å². The summed E-state index contributed by atoms with van der Waals surface area (Å²) in [6.07, 6.45) is 1.96. The van der Waals surface area contributed by atoms with Crippen LogP contribution in [0.5, 0.6) is 0 Å². The first-order chi connectivity index (χ1) is 7.36. The number of aromatic nitrogens is 2. The summed E-state index contributed by atoms with van der Waals surface area (Å²) >= 11 is 0. The summed E-state index contributed by atoms with van der Waals surface area (Å²) in [4.78, 5) is 11.6. The van der Waals surface area contributed by atoms with Gasteiger partial charge >= 0.3 is 0 Å². The van der Waals surface area contributed by atoms with E-state index in [9.17, 15) is 4.79 Å². The summed E-state index contributed by atoms with van der Waals surface area (Å²) in [5.74, 6) is 0. The molecule has 0 aliphatic carbocycles. The molecule has 1 aliphatic heterocycles. The zero-order valence-electron chi connectivity index (χ0n) is 8.21. The van der Waals surface area contributed by atoms with Crippen LogP contribution in [0.3, 0.4) is 0 Å². The molecule has 2 N–H and O–H groups in total. The zero-order valence-corrected chi connectivity index (χ0v) is 8.21. The van der Waals surface area contributed by atoms with E-state index in [0.29, 0.717) is 0 Å². The van der Waals surface area contributed by atoms with Gasteiger partial charge in [-0.1, -0.05) is 6.07 Å². The molecule has 0 radical (unpaired) electrons. The number of hydrogen-bond acceptors (Lipinski definition) is 3. The quantitative estimate of drug-likeness (QED) is 0.675. The fourth-order valence-electron chi connectivity index (χ4n) is 2.09. The Morgan fingerprint density at radius 3 is 3.20 bits per heavy atom. The number of nitrogens with zero attached hydrogens (tertiary/aromatic N) is 1. The van der Waals surface area contributed by atoms with Crippen molar-refractivity contribution in [2.75, 3.05) is 11.9 Å². The molecule has 4 heteroatoms. The van der Waals surface area contributed by atoms with E-state index < -0.39 is 0 Å². The first-order valence-corrected chi connectivity index (χ1v) is 5.10. The van der Waals surface area contributed by atoms with Crippen LogP contribution in [-0.4, -0.2) is 16.7 Å². The number of anilines is 1. The summed E-state index contributed by atoms with van der Waals surface area (Å²) < 4.78 is 0. The molecule has 4 nitrogen and oxygen atoms in total. The largest absolute Gasteiger partial charge is 0.384 e. The topological polar surface area (TPSA) is 57.8 Å². The molecule has 0 saturated carbocycles. The predicted molar refractivity (Wildman–Crippen MR) is 59.2 cm³/mol. The number of benzene rings is 1. The molecular weight excluding hydrogens is 190 g/mol. The number of nitrogens with one attached hydrogen (secondary N) is 2. The average molecular weight is 201 g/mol. The number of rotatable bonds is 0. The Bertz CT molecular complexity index is 561. The lowest BCUT2D eigenvalue weighted by molar-refractivity contribution is 0.823. The lowest BCUT2D eigenvalue weighted by Gasteiger charge is -2.06. The van der Waals surface area contributed by atoms with Gasteiger partial charge in [-0.05, 0) is 25.0 Å². The second-order valence-corrected chi connectivity index (χ2v) is 3.76. The molecule has 2 heterocycles. The molecule has 0 bridgehead atoms. The van der Waals surface area contributed by atoms with Crippen LogP contribution in [-0.2, 0) is 6.42 Å². The Morgan fingerprint density at radius 2 is 2.27 bits per heavy atom. The van der Waals surface area contributed by atoms with Gasteiger partial charge in [0.25, 0.3) is 5.56 Å². The lowest BCUT2D eigenvalue weighted by Crippen LogP contribution is -2.10. The van der Waals surface area contributed by atoms with Gasteiger partial charge in [-0.25, -0.2) is 5.10 Å². The molecule has 3 rings (SSSR count). The highest BCUT2D eigenvalue weighted by molar-refractivity contribution is 5.95. The van der Waals surface area contributed by atoms with E-state index in [2.05, 4.69) is 15.5 Å². The summed E-state index contributed by atoms with van der Waals surface area (Å²) in [7, 11) is 0. The van der Waals surface area contributed by atoms with E-state index >= 15 is 0 Å². The van der Waals surface area contributed by atoms with E-state index in [1.807, 2.05) is 18.2 Å². The second-order valence-electron chi connectivity index (χ2n) is 3.76. The normalized spacial score (nSPS) is 14.7. The van der Waals surface area contributed by atoms with Crippen LogP contribution in [0, 0.1) is 0 Å². The summed E-state index contributed by atoms with van der Waals surface area (Å²) in [5, 5.41) is 11.7. The molecule has 76 valence electrons. The van der Waals surface area contributed by atoms with Gasteiger partial charge in [0.1, 0.15) is 0 Å². The van der Waals surface area contributed by atoms with E-state index in [1.54, 1.807) is 0 Å². The van der Waals surface area contributed by atoms with Crippen LogP contribution in [0.2, 0.25) is 0 Å². The van der Waals surface area contributed by atoms with E-state index in [1.165, 1.54) is 0 Å². The van der Waals surface area contributed by atoms with Gasteiger partial charge in [-0.3, -0.25) is 4.79 Å². The highest BCUT2D eigenvalue weighted by Gasteiger charge is 2.13. The third kappa shape index (κ3) is 1.21. The number of aromatic amines is 1. The van der Waals surface area contributed by atoms with E-state index in [-0.39, 0.29) is 5.56 Å². The Labute approximate surface area is 86.3 Å². The van der Waals surface area contributed by atoms with E-state index in [4.69, 9.17) is 0 Å². The predicted octanol–water partition coefficient (Wildman–Crippen LogP) is 1.28. The minimum Gasteiger partial charge on any atom is -0.384 e. The van der Waals surface area contributed by atoms with Gasteiger partial charge in [-0.2, -0.15) is 5.10 Å². The maximum Gasteiger partial charge on any atom is 0.272 e. The van der Waals surface area contributed by atoms with Gasteiger partial charge in [0.2, 0.25) is 0 Å². The lowest BCUT2D eigenvalue weighted by atomic mass is 10.1. The summed E-state index contributed by atoms with van der Waals surface area (Å²) in [6, 6.07) is 5.74. The molecule has 2 aromatic rings. The summed E-state index contributed by atoms with van der Waals surface area (Å²) in [5.41, 5.74) is 1.91. The van der Waals surface area contributed by atoms with Gasteiger partial charge in [0.05, 0.1) is 11.1 Å². The van der Waals surface area contributed by atoms with Crippen LogP contribution in [0.25, 0.3) is 10.8 Å². The van der Waals surface area contributed by atoms with Gasteiger partial charge in [0.15, 0.2) is 0 Å². The number of H-pyrrole nitrogens is 1. The van der Waals surface area contributed by atoms with Crippen molar-refractivity contribution in [2.45, 2.75) is 12.8 Å². The van der Waals surface area contributed by atoms with Crippen molar-refractivity contribution >= 4 is 16.5 Å². The van der Waals surface area contributed by atoms with Crippen LogP contribution in [0.15, 0.2) is 23.0 Å². The Morgan fingerprint density at radius 1 is 1.33 bits per heavy atom. The van der Waals surface area contributed by atoms with Crippen molar-refractivity contribution in [2.24, 2.45) is 0 Å². The molecular formula is C11H11N3O. The first-order valence-electron chi connectivity index (χ1n) is 5.10. The van der Waals surface area contributed by atoms with Crippen molar-refractivity contribution in [3.05, 3.63) is 34.2 Å². The number of hydrogen-bond donors (Lipinski definition) is 2. The van der Waals surface area contributed by atoms with Gasteiger partial charge in [-0.15, -0.1) is 0 Å². The minimum atomic E-state index is -0.112. The fraction of sp³-hybridized carbons (Fsp3) is 0.273. The molecule has 0 unspecified atom stereocenters. The maximum atomic E-state index is 11.6. The molecule has 1 aromatic heterocycles. The molecule has 0 amide bonds. The maximum absolute atomic E-state index is 11.6. The van der Waals surface area contributed by atoms with Crippen molar-refractivity contribution < 1.29 is 0 Å². The van der Waals surface area contributed by atoms with Crippen LogP contribution in [0.4, 0.5) is 5.69 Å². The second kappa shape index (κ2) is 3.08. The third-order valence-electron chi connectivity index (χ3n) is 2.80. The highest BCUT2D eigenvalue weighted by atomic mass is 16.1. The van der Waals surface area contributed by atoms with Crippen LogP contribution < -0.4 is 10.9 Å². The molecule has 0 saturated heterocycles. The van der Waals surface area contributed by atoms with Crippen LogP contribution >= 0.6 is 0 Å². The molecule has 15 heavy (non-hydrogen) atoms. The Kier molecular flexibility index (Phi) is 1.74. The Hall–Kier alpha value is -1.84. The van der Waals surface area contributed by atoms with Crippen molar-refractivity contribution in [1.82, 2.24) is 10.2 Å². The Balaban J connectivity index is 2.49. The molecule has 1 aliphatic rings. The smallest absolute Gasteiger partial charge is 0.272 e. The molecule has 0 fully saturated rings. The minimum absolute atomic E-state index is 0.112. The molecule has 1 aromatic carbocycles. The standard InChI is InChI=1S/C11H11N3O/c15-11-7-3-1-4-8-10(7)9(13-14-11)5-2-6-12-8/h1,3-4,12H,2,5-6H2,(H,14,15). The zero-order chi connectivity index (χ0) is 10.3. The van der Waals surface area contributed by atoms with Gasteiger partial charge < -0.3 is 5.32 Å². The first kappa shape index (κ1) is 8.47. The van der Waals surface area contributed by atoms with Crippen molar-refractivity contribution in [3.63, 3.8) is 0 Å². The number of aryl methyl sites for hydroxylation is 1. The fourth-order valence-corrected chi connectivity index (χ4v) is 2.09. The molecule has 0 spiro atoms. The molecule has 0 atom stereocenters. The van der Waals surface area contributed by atoms with Crippen LogP contribution in [0.1, 0.15) is 12.1 Å².